The van der Waals surface area contributed by atoms with E-state index in [1.165, 1.54) is 11.3 Å². The van der Waals surface area contributed by atoms with Crippen LogP contribution in [-0.4, -0.2) is 37.4 Å². The summed E-state index contributed by atoms with van der Waals surface area (Å²) in [7, 11) is 1.88. The van der Waals surface area contributed by atoms with Gasteiger partial charge in [0.05, 0.1) is 5.69 Å². The molecular weight excluding hydrogens is 268 g/mol. The summed E-state index contributed by atoms with van der Waals surface area (Å²) in [5, 5.41) is 21.9. The normalized spacial score (nSPS) is 12.3. The molecule has 0 amide bonds. The Bertz CT molecular complexity index is 566. The predicted molar refractivity (Wildman–Crippen MR) is 69.9 cm³/mol. The summed E-state index contributed by atoms with van der Waals surface area (Å²) in [5.74, 6) is -0.220. The largest absolute Gasteiger partial charge is 0.480 e. The van der Waals surface area contributed by atoms with E-state index in [2.05, 4.69) is 20.5 Å². The smallest absolute Gasteiger partial charge is 0.326 e. The molecule has 102 valence electrons. The maximum absolute atomic E-state index is 10.7. The van der Waals surface area contributed by atoms with Gasteiger partial charge in [0.15, 0.2) is 5.13 Å². The van der Waals surface area contributed by atoms with Crippen molar-refractivity contribution in [2.24, 2.45) is 12.8 Å². The van der Waals surface area contributed by atoms with Crippen LogP contribution in [-0.2, 0) is 18.3 Å². The van der Waals surface area contributed by atoms with Gasteiger partial charge in [-0.15, -0.1) is 21.5 Å². The van der Waals surface area contributed by atoms with Gasteiger partial charge in [-0.2, -0.15) is 0 Å². The molecule has 0 fully saturated rings. The first-order valence-electron chi connectivity index (χ1n) is 5.58. The van der Waals surface area contributed by atoms with Gasteiger partial charge >= 0.3 is 5.97 Å². The summed E-state index contributed by atoms with van der Waals surface area (Å²) in [5.41, 5.74) is 5.83. The molecule has 2 aromatic rings. The second-order valence-corrected chi connectivity index (χ2v) is 4.79. The number of thiazole rings is 1. The van der Waals surface area contributed by atoms with E-state index >= 15 is 0 Å². The van der Waals surface area contributed by atoms with Crippen molar-refractivity contribution >= 4 is 22.4 Å². The Morgan fingerprint density at radius 2 is 2.47 bits per heavy atom. The average Bonchev–Trinajstić information content (AvgIpc) is 2.98. The van der Waals surface area contributed by atoms with Crippen molar-refractivity contribution in [2.75, 3.05) is 11.9 Å². The number of anilines is 1. The Balaban J connectivity index is 1.87. The zero-order valence-electron chi connectivity index (χ0n) is 10.3. The minimum absolute atomic E-state index is 0.360. The summed E-state index contributed by atoms with van der Waals surface area (Å²) in [6.45, 7) is 0.641. The van der Waals surface area contributed by atoms with Crippen LogP contribution in [0.5, 0.6) is 0 Å². The lowest BCUT2D eigenvalue weighted by Crippen LogP contribution is -2.21. The monoisotopic (exact) mass is 282 g/mol. The van der Waals surface area contributed by atoms with E-state index < -0.39 is 12.0 Å². The predicted octanol–water partition coefficient (Wildman–Crippen LogP) is 0.0106. The molecule has 0 aliphatic heterocycles. The van der Waals surface area contributed by atoms with E-state index in [4.69, 9.17) is 10.8 Å². The van der Waals surface area contributed by atoms with Crippen LogP contribution in [0.1, 0.15) is 17.6 Å². The molecule has 0 bridgehead atoms. The first kappa shape index (κ1) is 13.4. The van der Waals surface area contributed by atoms with Crippen LogP contribution in [0.2, 0.25) is 0 Å². The Hall–Kier alpha value is -2.00. The first-order valence-corrected chi connectivity index (χ1v) is 6.46. The molecule has 0 aliphatic rings. The fourth-order valence-electron chi connectivity index (χ4n) is 1.45. The van der Waals surface area contributed by atoms with Gasteiger partial charge in [0, 0.05) is 25.4 Å². The quantitative estimate of drug-likeness (QED) is 0.682. The van der Waals surface area contributed by atoms with Gasteiger partial charge in [-0.3, -0.25) is 4.79 Å². The van der Waals surface area contributed by atoms with Crippen molar-refractivity contribution in [3.63, 3.8) is 0 Å². The van der Waals surface area contributed by atoms with E-state index in [-0.39, 0.29) is 0 Å². The maximum atomic E-state index is 10.7. The van der Waals surface area contributed by atoms with Crippen LogP contribution in [0, 0.1) is 0 Å². The summed E-state index contributed by atoms with van der Waals surface area (Å²) >= 11 is 1.33. The Labute approximate surface area is 113 Å². The molecule has 2 rings (SSSR count). The third kappa shape index (κ3) is 3.26. The molecule has 1 atom stereocenters. The number of carbonyl (C=O) groups is 1. The Morgan fingerprint density at radius 1 is 1.68 bits per heavy atom. The topological polar surface area (TPSA) is 119 Å². The third-order valence-electron chi connectivity index (χ3n) is 2.54. The first-order chi connectivity index (χ1) is 9.08. The molecule has 4 N–H and O–H groups in total. The van der Waals surface area contributed by atoms with Gasteiger partial charge in [0.2, 0.25) is 0 Å². The summed E-state index contributed by atoms with van der Waals surface area (Å²) < 4.78 is 1.84. The number of carboxylic acid groups (broad SMARTS) is 1. The van der Waals surface area contributed by atoms with Crippen LogP contribution in [0.15, 0.2) is 11.7 Å². The summed E-state index contributed by atoms with van der Waals surface area (Å²) in [6.07, 6.45) is 2.35. The third-order valence-corrected chi connectivity index (χ3v) is 3.35. The average molecular weight is 282 g/mol. The zero-order chi connectivity index (χ0) is 13.8. The number of nitrogens with zero attached hydrogens (tertiary/aromatic N) is 4. The molecule has 19 heavy (non-hydrogen) atoms. The number of hydrogen-bond donors (Lipinski definition) is 3. The molecule has 0 aliphatic carbocycles. The van der Waals surface area contributed by atoms with Crippen molar-refractivity contribution in [1.82, 2.24) is 19.7 Å². The molecule has 0 aromatic carbocycles. The highest BCUT2D eigenvalue weighted by Crippen LogP contribution is 2.19. The van der Waals surface area contributed by atoms with Gasteiger partial charge < -0.3 is 20.7 Å². The highest BCUT2D eigenvalue weighted by atomic mass is 32.1. The standard InChI is InChI=1S/C10H14N6O2S/c1-16-5-13-15-7(16)2-3-12-10-14-6(4-19-10)8(11)9(17)18/h4-5,8H,2-3,11H2,1H3,(H,12,14)(H,17,18). The number of rotatable bonds is 6. The van der Waals surface area contributed by atoms with Crippen LogP contribution in [0.3, 0.4) is 0 Å². The van der Waals surface area contributed by atoms with Crippen molar-refractivity contribution in [2.45, 2.75) is 12.5 Å². The maximum Gasteiger partial charge on any atom is 0.326 e. The molecule has 0 saturated heterocycles. The van der Waals surface area contributed by atoms with E-state index in [9.17, 15) is 4.79 Å². The number of nitrogens with two attached hydrogens (primary N) is 1. The molecule has 0 saturated carbocycles. The molecular formula is C10H14N6O2S. The fraction of sp³-hybridized carbons (Fsp3) is 0.400. The van der Waals surface area contributed by atoms with Gasteiger partial charge in [-0.1, -0.05) is 0 Å². The van der Waals surface area contributed by atoms with Crippen molar-refractivity contribution in [3.8, 4) is 0 Å². The molecule has 9 heteroatoms. The molecule has 8 nitrogen and oxygen atoms in total. The number of carboxylic acids is 1. The zero-order valence-corrected chi connectivity index (χ0v) is 11.1. The van der Waals surface area contributed by atoms with Gasteiger partial charge in [0.25, 0.3) is 0 Å². The molecule has 0 spiro atoms. The van der Waals surface area contributed by atoms with Crippen LogP contribution >= 0.6 is 11.3 Å². The van der Waals surface area contributed by atoms with E-state index in [0.29, 0.717) is 23.8 Å². The second-order valence-electron chi connectivity index (χ2n) is 3.93. The van der Waals surface area contributed by atoms with Crippen LogP contribution in [0.25, 0.3) is 0 Å². The molecule has 2 heterocycles. The van der Waals surface area contributed by atoms with Crippen molar-refractivity contribution in [3.05, 3.63) is 23.2 Å². The van der Waals surface area contributed by atoms with Gasteiger partial charge in [0.1, 0.15) is 18.2 Å². The van der Waals surface area contributed by atoms with Crippen molar-refractivity contribution in [1.29, 1.82) is 0 Å². The lowest BCUT2D eigenvalue weighted by molar-refractivity contribution is -0.138. The second kappa shape index (κ2) is 5.76. The lowest BCUT2D eigenvalue weighted by atomic mass is 10.2. The number of aromatic nitrogens is 4. The fourth-order valence-corrected chi connectivity index (χ4v) is 2.23. The molecule has 2 aromatic heterocycles. The number of hydrogen-bond acceptors (Lipinski definition) is 7. The van der Waals surface area contributed by atoms with Gasteiger partial charge in [-0.25, -0.2) is 4.98 Å². The Morgan fingerprint density at radius 3 is 3.11 bits per heavy atom. The number of nitrogens with one attached hydrogen (secondary N) is 1. The van der Waals surface area contributed by atoms with Gasteiger partial charge in [-0.05, 0) is 0 Å². The van der Waals surface area contributed by atoms with Crippen LogP contribution < -0.4 is 11.1 Å². The highest BCUT2D eigenvalue weighted by molar-refractivity contribution is 7.13. The molecule has 0 radical (unpaired) electrons. The summed E-state index contributed by atoms with van der Waals surface area (Å²) in [4.78, 5) is 14.8. The number of aliphatic carboxylic acids is 1. The minimum atomic E-state index is -1.09. The lowest BCUT2D eigenvalue weighted by Gasteiger charge is -2.03. The van der Waals surface area contributed by atoms with Crippen molar-refractivity contribution < 1.29 is 9.90 Å². The Kier molecular flexibility index (Phi) is 4.07. The summed E-state index contributed by atoms with van der Waals surface area (Å²) in [6, 6.07) is -1.08. The van der Waals surface area contributed by atoms with E-state index in [1.807, 2.05) is 11.6 Å². The molecule has 1 unspecified atom stereocenters. The minimum Gasteiger partial charge on any atom is -0.480 e. The number of aryl methyl sites for hydroxylation is 1. The van der Waals surface area contributed by atoms with E-state index in [1.54, 1.807) is 11.7 Å². The van der Waals surface area contributed by atoms with Crippen LogP contribution in [0.4, 0.5) is 5.13 Å². The highest BCUT2D eigenvalue weighted by Gasteiger charge is 2.17. The van der Waals surface area contributed by atoms with E-state index in [0.717, 1.165) is 5.82 Å². The SMILES string of the molecule is Cn1cnnc1CCNc1nc(C(N)C(=O)O)cs1.